The zero-order chi connectivity index (χ0) is 18.3. The summed E-state index contributed by atoms with van der Waals surface area (Å²) >= 11 is 0. The van der Waals surface area contributed by atoms with E-state index in [1.54, 1.807) is 12.4 Å². The lowest BCUT2D eigenvalue weighted by Crippen LogP contribution is -2.66. The fraction of sp³-hybridized carbons (Fsp3) is 0.750. The van der Waals surface area contributed by atoms with Crippen molar-refractivity contribution < 1.29 is 9.53 Å². The van der Waals surface area contributed by atoms with Gasteiger partial charge in [0, 0.05) is 44.6 Å². The Morgan fingerprint density at radius 2 is 1.67 bits per heavy atom. The Labute approximate surface area is 160 Å². The van der Waals surface area contributed by atoms with Gasteiger partial charge in [-0.2, -0.15) is 0 Å². The molecule has 0 saturated carbocycles. The van der Waals surface area contributed by atoms with Gasteiger partial charge in [-0.3, -0.25) is 4.79 Å². The molecule has 0 N–H and O–H groups in total. The second-order valence-corrected chi connectivity index (χ2v) is 8.74. The van der Waals surface area contributed by atoms with Gasteiger partial charge < -0.3 is 19.4 Å². The number of aromatic nitrogens is 2. The fourth-order valence-electron chi connectivity index (χ4n) is 4.97. The number of hydrogen-bond donors (Lipinski definition) is 0. The summed E-state index contributed by atoms with van der Waals surface area (Å²) < 4.78 is 5.31. The van der Waals surface area contributed by atoms with Crippen LogP contribution in [0.4, 0.5) is 5.95 Å². The van der Waals surface area contributed by atoms with E-state index in [2.05, 4.69) is 19.8 Å². The van der Waals surface area contributed by atoms with Crippen molar-refractivity contribution in [2.45, 2.75) is 38.1 Å². The molecular formula is C20H29N5O2. The first-order chi connectivity index (χ1) is 13.2. The molecule has 5 rings (SSSR count). The first-order valence-electron chi connectivity index (χ1n) is 10.4. The summed E-state index contributed by atoms with van der Waals surface area (Å²) in [5.74, 6) is 0.805. The van der Waals surface area contributed by atoms with Crippen molar-refractivity contribution in [1.82, 2.24) is 19.8 Å². The van der Waals surface area contributed by atoms with E-state index in [-0.39, 0.29) is 5.91 Å². The largest absolute Gasteiger partial charge is 0.380 e. The first kappa shape index (κ1) is 17.4. The van der Waals surface area contributed by atoms with Gasteiger partial charge in [0.25, 0.3) is 5.91 Å². The highest BCUT2D eigenvalue weighted by molar-refractivity contribution is 5.93. The molecular weight excluding hydrogens is 342 g/mol. The minimum atomic E-state index is 0.0751. The van der Waals surface area contributed by atoms with Gasteiger partial charge in [0.15, 0.2) is 0 Å². The Morgan fingerprint density at radius 1 is 1.00 bits per heavy atom. The molecule has 7 heteroatoms. The number of hydrogen-bond acceptors (Lipinski definition) is 6. The number of nitrogens with zero attached hydrogens (tertiary/aromatic N) is 5. The maximum Gasteiger partial charge on any atom is 0.256 e. The van der Waals surface area contributed by atoms with Crippen LogP contribution in [0.25, 0.3) is 0 Å². The highest BCUT2D eigenvalue weighted by Gasteiger charge is 2.49. The lowest BCUT2D eigenvalue weighted by atomic mass is 9.78. The number of piperidine rings is 2. The van der Waals surface area contributed by atoms with Crippen molar-refractivity contribution >= 4 is 11.9 Å². The third kappa shape index (κ3) is 3.31. The monoisotopic (exact) mass is 371 g/mol. The molecule has 0 radical (unpaired) electrons. The molecule has 1 aromatic heterocycles. The van der Waals surface area contributed by atoms with Gasteiger partial charge in [-0.1, -0.05) is 6.42 Å². The summed E-state index contributed by atoms with van der Waals surface area (Å²) in [6.45, 7) is 7.79. The quantitative estimate of drug-likeness (QED) is 0.801. The standard InChI is InChI=1S/C20H29N5O2/c26-18(24-8-4-17(5-9-24)23-6-2-1-3-7-23)16-10-21-19(22-11-16)25-12-20(13-25)14-27-15-20/h10-11,17H,1-9,12-15H2. The molecule has 0 aromatic carbocycles. The second kappa shape index (κ2) is 7.02. The minimum Gasteiger partial charge on any atom is -0.380 e. The lowest BCUT2D eigenvalue weighted by Gasteiger charge is -2.54. The van der Waals surface area contributed by atoms with E-state index < -0.39 is 0 Å². The molecule has 0 atom stereocenters. The van der Waals surface area contributed by atoms with Crippen molar-refractivity contribution in [3.05, 3.63) is 18.0 Å². The maximum absolute atomic E-state index is 12.8. The SMILES string of the molecule is O=C(c1cnc(N2CC3(COC3)C2)nc1)N1CCC(N2CCCCC2)CC1. The van der Waals surface area contributed by atoms with Crippen LogP contribution < -0.4 is 4.90 Å². The Balaban J connectivity index is 1.14. The van der Waals surface area contributed by atoms with E-state index in [1.807, 2.05) is 4.90 Å². The van der Waals surface area contributed by atoms with Gasteiger partial charge in [0.2, 0.25) is 5.95 Å². The second-order valence-electron chi connectivity index (χ2n) is 8.74. The van der Waals surface area contributed by atoms with Crippen molar-refractivity contribution in [2.75, 3.05) is 57.4 Å². The van der Waals surface area contributed by atoms with E-state index in [0.717, 1.165) is 58.2 Å². The topological polar surface area (TPSA) is 61.8 Å². The first-order valence-corrected chi connectivity index (χ1v) is 10.4. The zero-order valence-corrected chi connectivity index (χ0v) is 16.0. The van der Waals surface area contributed by atoms with Gasteiger partial charge in [0.05, 0.1) is 24.2 Å². The molecule has 0 bridgehead atoms. The molecule has 0 unspecified atom stereocenters. The molecule has 1 aromatic rings. The van der Waals surface area contributed by atoms with Crippen LogP contribution in [0.15, 0.2) is 12.4 Å². The van der Waals surface area contributed by atoms with Crippen molar-refractivity contribution in [3.63, 3.8) is 0 Å². The predicted octanol–water partition coefficient (Wildman–Crippen LogP) is 1.40. The number of carbonyl (C=O) groups is 1. The summed E-state index contributed by atoms with van der Waals surface area (Å²) in [6, 6.07) is 0.655. The molecule has 0 aliphatic carbocycles. The van der Waals surface area contributed by atoms with Crippen LogP contribution in [0.3, 0.4) is 0 Å². The van der Waals surface area contributed by atoms with Crippen LogP contribution in [0.2, 0.25) is 0 Å². The molecule has 4 saturated heterocycles. The van der Waals surface area contributed by atoms with Gasteiger partial charge in [-0.15, -0.1) is 0 Å². The van der Waals surface area contributed by atoms with Crippen LogP contribution in [0.5, 0.6) is 0 Å². The summed E-state index contributed by atoms with van der Waals surface area (Å²) in [7, 11) is 0. The van der Waals surface area contributed by atoms with Crippen molar-refractivity contribution in [1.29, 1.82) is 0 Å². The molecule has 146 valence electrons. The van der Waals surface area contributed by atoms with E-state index in [1.165, 1.54) is 32.4 Å². The van der Waals surface area contributed by atoms with E-state index in [9.17, 15) is 4.79 Å². The van der Waals surface area contributed by atoms with Gasteiger partial charge >= 0.3 is 0 Å². The molecule has 27 heavy (non-hydrogen) atoms. The highest BCUT2D eigenvalue weighted by atomic mass is 16.5. The number of amides is 1. The van der Waals surface area contributed by atoms with Crippen molar-refractivity contribution in [3.8, 4) is 0 Å². The third-order valence-corrected chi connectivity index (χ3v) is 6.70. The summed E-state index contributed by atoms with van der Waals surface area (Å²) in [6.07, 6.45) is 9.59. The van der Waals surface area contributed by atoms with Crippen LogP contribution in [0.1, 0.15) is 42.5 Å². The van der Waals surface area contributed by atoms with E-state index in [4.69, 9.17) is 4.74 Å². The molecule has 4 fully saturated rings. The number of likely N-dealkylation sites (tertiary alicyclic amines) is 2. The molecule has 1 amide bonds. The van der Waals surface area contributed by atoms with Gasteiger partial charge in [0.1, 0.15) is 0 Å². The Bertz CT molecular complexity index is 668. The van der Waals surface area contributed by atoms with Gasteiger partial charge in [-0.05, 0) is 38.8 Å². The molecule has 4 aliphatic rings. The average molecular weight is 371 g/mol. The van der Waals surface area contributed by atoms with Crippen LogP contribution in [-0.2, 0) is 4.74 Å². The van der Waals surface area contributed by atoms with E-state index in [0.29, 0.717) is 17.0 Å². The Kier molecular flexibility index (Phi) is 4.52. The average Bonchev–Trinajstić information content (AvgIpc) is 2.67. The number of ether oxygens (including phenoxy) is 1. The fourth-order valence-corrected chi connectivity index (χ4v) is 4.97. The van der Waals surface area contributed by atoms with Crippen molar-refractivity contribution in [2.24, 2.45) is 5.41 Å². The maximum atomic E-state index is 12.8. The highest BCUT2D eigenvalue weighted by Crippen LogP contribution is 2.38. The summed E-state index contributed by atoms with van der Waals surface area (Å²) in [4.78, 5) is 28.5. The number of rotatable bonds is 3. The van der Waals surface area contributed by atoms with Crippen LogP contribution in [0, 0.1) is 5.41 Å². The predicted molar refractivity (Wildman–Crippen MR) is 102 cm³/mol. The van der Waals surface area contributed by atoms with Crippen LogP contribution >= 0.6 is 0 Å². The van der Waals surface area contributed by atoms with E-state index >= 15 is 0 Å². The molecule has 4 aliphatic heterocycles. The van der Waals surface area contributed by atoms with Crippen LogP contribution in [-0.4, -0.2) is 84.2 Å². The number of anilines is 1. The summed E-state index contributed by atoms with van der Waals surface area (Å²) in [5, 5.41) is 0. The minimum absolute atomic E-state index is 0.0751. The Morgan fingerprint density at radius 3 is 2.26 bits per heavy atom. The smallest absolute Gasteiger partial charge is 0.256 e. The third-order valence-electron chi connectivity index (χ3n) is 6.70. The normalized spacial score (nSPS) is 25.9. The Hall–Kier alpha value is -1.73. The lowest BCUT2D eigenvalue weighted by molar-refractivity contribution is -0.127. The molecule has 1 spiro atoms. The number of carbonyl (C=O) groups excluding carboxylic acids is 1. The van der Waals surface area contributed by atoms with Gasteiger partial charge in [-0.25, -0.2) is 9.97 Å². The molecule has 7 nitrogen and oxygen atoms in total. The molecule has 5 heterocycles. The zero-order valence-electron chi connectivity index (χ0n) is 16.0. The summed E-state index contributed by atoms with van der Waals surface area (Å²) in [5.41, 5.74) is 0.952.